The Balaban J connectivity index is 1.83. The van der Waals surface area contributed by atoms with Crippen LogP contribution >= 0.6 is 0 Å². The van der Waals surface area contributed by atoms with Crippen LogP contribution in [0.3, 0.4) is 0 Å². The molecular weight excluding hydrogens is 388 g/mol. The van der Waals surface area contributed by atoms with Gasteiger partial charge in [0.15, 0.2) is 0 Å². The molecular formula is C26H32N2O3. The summed E-state index contributed by atoms with van der Waals surface area (Å²) >= 11 is 0. The molecule has 2 N–H and O–H groups in total. The van der Waals surface area contributed by atoms with E-state index in [0.29, 0.717) is 19.5 Å². The minimum absolute atomic E-state index is 0.0187. The van der Waals surface area contributed by atoms with Gasteiger partial charge in [-0.05, 0) is 45.4 Å². The van der Waals surface area contributed by atoms with Crippen LogP contribution in [-0.2, 0) is 4.74 Å². The summed E-state index contributed by atoms with van der Waals surface area (Å²) in [5.74, 6) is 6.20. The maximum Gasteiger partial charge on any atom is 0.410 e. The van der Waals surface area contributed by atoms with Gasteiger partial charge in [0.2, 0.25) is 0 Å². The lowest BCUT2D eigenvalue weighted by Gasteiger charge is -2.43. The lowest BCUT2D eigenvalue weighted by molar-refractivity contribution is -0.0252. The molecule has 1 amide bonds. The molecule has 31 heavy (non-hydrogen) atoms. The number of nitrogens with zero attached hydrogens (tertiary/aromatic N) is 1. The van der Waals surface area contributed by atoms with E-state index in [2.05, 4.69) is 17.2 Å². The predicted octanol–water partition coefficient (Wildman–Crippen LogP) is 4.13. The number of ether oxygens (including phenoxy) is 1. The minimum atomic E-state index is -1.27. The molecule has 5 heteroatoms. The average molecular weight is 421 g/mol. The third kappa shape index (κ3) is 6.33. The molecule has 1 fully saturated rings. The highest BCUT2D eigenvalue weighted by molar-refractivity contribution is 5.68. The van der Waals surface area contributed by atoms with E-state index in [9.17, 15) is 9.90 Å². The summed E-state index contributed by atoms with van der Waals surface area (Å²) in [6.07, 6.45) is -0.0321. The van der Waals surface area contributed by atoms with Gasteiger partial charge in [-0.25, -0.2) is 4.79 Å². The number of carbonyl (C=O) groups is 1. The van der Waals surface area contributed by atoms with E-state index in [4.69, 9.17) is 4.74 Å². The van der Waals surface area contributed by atoms with Crippen LogP contribution in [0.5, 0.6) is 0 Å². The zero-order valence-corrected chi connectivity index (χ0v) is 18.8. The second-order valence-electron chi connectivity index (χ2n) is 9.07. The topological polar surface area (TPSA) is 61.8 Å². The van der Waals surface area contributed by atoms with Gasteiger partial charge in [0.05, 0.1) is 6.04 Å². The predicted molar refractivity (Wildman–Crippen MR) is 122 cm³/mol. The molecule has 3 rings (SSSR count). The highest BCUT2D eigenvalue weighted by Crippen LogP contribution is 2.26. The van der Waals surface area contributed by atoms with Crippen molar-refractivity contribution in [3.8, 4) is 11.8 Å². The van der Waals surface area contributed by atoms with Crippen LogP contribution in [0.4, 0.5) is 4.79 Å². The summed E-state index contributed by atoms with van der Waals surface area (Å²) in [6, 6.07) is 19.2. The Morgan fingerprint density at radius 2 is 1.77 bits per heavy atom. The molecule has 1 saturated heterocycles. The summed E-state index contributed by atoms with van der Waals surface area (Å²) in [4.78, 5) is 14.3. The number of benzene rings is 2. The number of hydrogen-bond acceptors (Lipinski definition) is 4. The third-order valence-corrected chi connectivity index (χ3v) is 5.34. The van der Waals surface area contributed by atoms with Crippen LogP contribution in [-0.4, -0.2) is 46.4 Å². The van der Waals surface area contributed by atoms with E-state index in [-0.39, 0.29) is 12.1 Å². The summed E-state index contributed by atoms with van der Waals surface area (Å²) in [5.41, 5.74) is 0.117. The maximum absolute atomic E-state index is 12.7. The number of piperidine rings is 1. The zero-order valence-electron chi connectivity index (χ0n) is 18.8. The van der Waals surface area contributed by atoms with E-state index in [1.807, 2.05) is 88.4 Å². The molecule has 1 heterocycles. The monoisotopic (exact) mass is 420 g/mol. The molecule has 2 aromatic carbocycles. The van der Waals surface area contributed by atoms with Crippen LogP contribution in [0.1, 0.15) is 51.3 Å². The van der Waals surface area contributed by atoms with Crippen LogP contribution in [0, 0.1) is 11.8 Å². The Bertz CT molecular complexity index is 928. The maximum atomic E-state index is 12.7. The van der Waals surface area contributed by atoms with Crippen LogP contribution in [0.15, 0.2) is 60.7 Å². The first-order valence-electron chi connectivity index (χ1n) is 10.8. The van der Waals surface area contributed by atoms with Gasteiger partial charge in [0.1, 0.15) is 11.2 Å². The molecule has 2 aromatic rings. The molecule has 0 saturated carbocycles. The standard InChI is InChI=1S/C26H32N2O3/c1-20(22-13-9-6-10-14-22)27-23-19-28(24(29)31-25(2,3)4)18-17-26(23,30)16-15-21-11-7-5-8-12-21/h5-14,20,23,27,30H,17-19H2,1-4H3/t20-,23+,26+/m1/s1. The second-order valence-corrected chi connectivity index (χ2v) is 9.07. The zero-order chi connectivity index (χ0) is 22.5. The van der Waals surface area contributed by atoms with Crippen molar-refractivity contribution in [3.05, 3.63) is 71.8 Å². The van der Waals surface area contributed by atoms with Gasteiger partial charge >= 0.3 is 6.09 Å². The van der Waals surface area contributed by atoms with Gasteiger partial charge in [0.25, 0.3) is 0 Å². The van der Waals surface area contributed by atoms with Crippen molar-refractivity contribution in [1.82, 2.24) is 10.2 Å². The largest absolute Gasteiger partial charge is 0.444 e. The van der Waals surface area contributed by atoms with Crippen molar-refractivity contribution in [3.63, 3.8) is 0 Å². The first-order chi connectivity index (χ1) is 14.7. The molecule has 1 aliphatic rings. The van der Waals surface area contributed by atoms with Gasteiger partial charge in [-0.15, -0.1) is 0 Å². The van der Waals surface area contributed by atoms with Crippen molar-refractivity contribution in [1.29, 1.82) is 0 Å². The summed E-state index contributed by atoms with van der Waals surface area (Å²) in [7, 11) is 0. The van der Waals surface area contributed by atoms with Crippen molar-refractivity contribution in [2.75, 3.05) is 13.1 Å². The number of nitrogens with one attached hydrogen (secondary N) is 1. The second kappa shape index (κ2) is 9.55. The van der Waals surface area contributed by atoms with Crippen molar-refractivity contribution >= 4 is 6.09 Å². The smallest absolute Gasteiger partial charge is 0.410 e. The molecule has 0 radical (unpaired) electrons. The van der Waals surface area contributed by atoms with E-state index < -0.39 is 17.2 Å². The van der Waals surface area contributed by atoms with Gasteiger partial charge < -0.3 is 20.1 Å². The number of carbonyl (C=O) groups excluding carboxylic acids is 1. The number of likely N-dealkylation sites (tertiary alicyclic amines) is 1. The number of amides is 1. The van der Waals surface area contributed by atoms with E-state index in [0.717, 1.165) is 11.1 Å². The summed E-state index contributed by atoms with van der Waals surface area (Å²) in [5, 5.41) is 15.0. The summed E-state index contributed by atoms with van der Waals surface area (Å²) < 4.78 is 5.55. The minimum Gasteiger partial charge on any atom is -0.444 e. The van der Waals surface area contributed by atoms with E-state index in [1.54, 1.807) is 4.90 Å². The molecule has 0 unspecified atom stereocenters. The van der Waals surface area contributed by atoms with Gasteiger partial charge in [0, 0.05) is 31.1 Å². The molecule has 5 nitrogen and oxygen atoms in total. The molecule has 164 valence electrons. The average Bonchev–Trinajstić information content (AvgIpc) is 2.74. The molecule has 1 aliphatic heterocycles. The van der Waals surface area contributed by atoms with Gasteiger partial charge in [-0.2, -0.15) is 0 Å². The Hall–Kier alpha value is -2.81. The molecule has 3 atom stereocenters. The third-order valence-electron chi connectivity index (χ3n) is 5.34. The Kier molecular flexibility index (Phi) is 7.04. The number of hydrogen-bond donors (Lipinski definition) is 2. The van der Waals surface area contributed by atoms with Crippen LogP contribution < -0.4 is 5.32 Å². The molecule has 0 aromatic heterocycles. The van der Waals surface area contributed by atoms with E-state index >= 15 is 0 Å². The quantitative estimate of drug-likeness (QED) is 0.733. The van der Waals surface area contributed by atoms with Crippen molar-refractivity contribution in [2.24, 2.45) is 0 Å². The Labute approximate surface area is 185 Å². The van der Waals surface area contributed by atoms with E-state index in [1.165, 1.54) is 0 Å². The molecule has 0 spiro atoms. The fourth-order valence-corrected chi connectivity index (χ4v) is 3.62. The first-order valence-corrected chi connectivity index (χ1v) is 10.8. The van der Waals surface area contributed by atoms with Crippen LogP contribution in [0.2, 0.25) is 0 Å². The van der Waals surface area contributed by atoms with Crippen LogP contribution in [0.25, 0.3) is 0 Å². The number of aliphatic hydroxyl groups is 1. The molecule has 0 aliphatic carbocycles. The normalized spacial score (nSPS) is 22.2. The lowest BCUT2D eigenvalue weighted by Crippen LogP contribution is -2.62. The highest BCUT2D eigenvalue weighted by Gasteiger charge is 2.43. The Morgan fingerprint density at radius 3 is 2.39 bits per heavy atom. The summed E-state index contributed by atoms with van der Waals surface area (Å²) in [6.45, 7) is 8.29. The Morgan fingerprint density at radius 1 is 1.16 bits per heavy atom. The fourth-order valence-electron chi connectivity index (χ4n) is 3.62. The molecule has 0 bridgehead atoms. The van der Waals surface area contributed by atoms with Gasteiger partial charge in [-0.1, -0.05) is 60.4 Å². The first kappa shape index (κ1) is 22.9. The lowest BCUT2D eigenvalue weighted by atomic mass is 9.86. The van der Waals surface area contributed by atoms with Gasteiger partial charge in [-0.3, -0.25) is 0 Å². The SMILES string of the molecule is C[C@@H](N[C@H]1CN(C(=O)OC(C)(C)C)CC[C@@]1(O)C#Cc1ccccc1)c1ccccc1. The number of rotatable bonds is 3. The highest BCUT2D eigenvalue weighted by atomic mass is 16.6. The van der Waals surface area contributed by atoms with Crippen molar-refractivity contribution < 1.29 is 14.6 Å². The fraction of sp³-hybridized carbons (Fsp3) is 0.423. The van der Waals surface area contributed by atoms with Crippen molar-refractivity contribution in [2.45, 2.75) is 57.4 Å².